The molecule has 1 heterocycles. The second-order valence-electron chi connectivity index (χ2n) is 14.1. The van der Waals surface area contributed by atoms with Gasteiger partial charge >= 0.3 is 0 Å². The summed E-state index contributed by atoms with van der Waals surface area (Å²) in [6, 6.07) is 83.0. The lowest BCUT2D eigenvalue weighted by Gasteiger charge is -2.28. The van der Waals surface area contributed by atoms with Gasteiger partial charge in [0.15, 0.2) is 0 Å². The Balaban J connectivity index is 1.14. The van der Waals surface area contributed by atoms with Crippen LogP contribution in [0.3, 0.4) is 0 Å². The summed E-state index contributed by atoms with van der Waals surface area (Å²) >= 11 is 0. The molecule has 10 rings (SSSR count). The van der Waals surface area contributed by atoms with Gasteiger partial charge in [-0.2, -0.15) is 0 Å². The first-order chi connectivity index (χ1) is 27.8. The third-order valence-corrected chi connectivity index (χ3v) is 10.8. The first-order valence-corrected chi connectivity index (χ1v) is 19.2. The number of benzene rings is 9. The lowest BCUT2D eigenvalue weighted by Crippen LogP contribution is -2.11. The summed E-state index contributed by atoms with van der Waals surface area (Å²) in [5.74, 6) is 0. The average molecular weight is 715 g/mol. The molecule has 0 saturated carbocycles. The molecular weight excluding hydrogens is 677 g/mol. The van der Waals surface area contributed by atoms with Gasteiger partial charge in [0.05, 0.1) is 22.4 Å². The molecule has 0 atom stereocenters. The van der Waals surface area contributed by atoms with Gasteiger partial charge in [0.2, 0.25) is 0 Å². The predicted molar refractivity (Wildman–Crippen MR) is 237 cm³/mol. The zero-order chi connectivity index (χ0) is 37.3. The summed E-state index contributed by atoms with van der Waals surface area (Å²) < 4.78 is 2.46. The number of anilines is 3. The molecule has 0 aliphatic heterocycles. The molecule has 9 aromatic carbocycles. The third-order valence-electron chi connectivity index (χ3n) is 10.8. The van der Waals surface area contributed by atoms with Crippen LogP contribution in [0.2, 0.25) is 0 Å². The Labute approximate surface area is 327 Å². The van der Waals surface area contributed by atoms with Crippen LogP contribution < -0.4 is 4.90 Å². The maximum absolute atomic E-state index is 2.46. The van der Waals surface area contributed by atoms with Crippen molar-refractivity contribution in [3.63, 3.8) is 0 Å². The number of nitrogens with zero attached hydrogens (tertiary/aromatic N) is 2. The molecule has 0 N–H and O–H groups in total. The number of hydrogen-bond donors (Lipinski definition) is 0. The lowest BCUT2D eigenvalue weighted by atomic mass is 9.92. The van der Waals surface area contributed by atoms with E-state index in [1.165, 1.54) is 66.3 Å². The minimum atomic E-state index is 1.11. The van der Waals surface area contributed by atoms with E-state index in [9.17, 15) is 0 Å². The van der Waals surface area contributed by atoms with Crippen LogP contribution in [-0.2, 0) is 0 Å². The summed E-state index contributed by atoms with van der Waals surface area (Å²) in [6.07, 6.45) is 0. The van der Waals surface area contributed by atoms with Crippen LogP contribution in [0.4, 0.5) is 17.1 Å². The van der Waals surface area contributed by atoms with Crippen molar-refractivity contribution < 1.29 is 0 Å². The van der Waals surface area contributed by atoms with E-state index in [0.29, 0.717) is 0 Å². The van der Waals surface area contributed by atoms with Gasteiger partial charge in [-0.25, -0.2) is 0 Å². The van der Waals surface area contributed by atoms with Crippen LogP contribution in [0.5, 0.6) is 0 Å². The van der Waals surface area contributed by atoms with E-state index in [0.717, 1.165) is 22.7 Å². The van der Waals surface area contributed by atoms with Gasteiger partial charge in [-0.1, -0.05) is 182 Å². The summed E-state index contributed by atoms with van der Waals surface area (Å²) in [4.78, 5) is 2.36. The summed E-state index contributed by atoms with van der Waals surface area (Å²) in [5, 5.41) is 2.47. The molecule has 0 amide bonds. The molecule has 0 unspecified atom stereocenters. The largest absolute Gasteiger partial charge is 0.310 e. The Kier molecular flexibility index (Phi) is 8.55. The molecule has 0 fully saturated rings. The van der Waals surface area contributed by atoms with Gasteiger partial charge in [0.25, 0.3) is 0 Å². The minimum Gasteiger partial charge on any atom is -0.310 e. The molecule has 0 saturated heterocycles. The number of aromatic nitrogens is 1. The standard InChI is InChI=1S/C54H38N2/c1-4-18-39(19-5-1)40-32-34-41(35-33-40)46-25-12-15-29-51(46)56-53-31-17-14-28-49(53)50-37-36-42(38-54(50)56)45-24-10-11-26-47(45)48-27-13-16-30-52(48)55(43-20-6-2-7-21-43)44-22-8-3-9-23-44/h1-38H. The van der Waals surface area contributed by atoms with Gasteiger partial charge in [-0.15, -0.1) is 0 Å². The Morgan fingerprint density at radius 2 is 0.768 bits per heavy atom. The van der Waals surface area contributed by atoms with Crippen LogP contribution >= 0.6 is 0 Å². The molecule has 1 aromatic heterocycles. The molecule has 0 aliphatic carbocycles. The van der Waals surface area contributed by atoms with Crippen LogP contribution in [0.1, 0.15) is 0 Å². The highest BCUT2D eigenvalue weighted by Gasteiger charge is 2.20. The maximum atomic E-state index is 2.46. The van der Waals surface area contributed by atoms with Crippen molar-refractivity contribution in [1.29, 1.82) is 0 Å². The highest BCUT2D eigenvalue weighted by molar-refractivity contribution is 6.11. The second-order valence-corrected chi connectivity index (χ2v) is 14.1. The summed E-state index contributed by atoms with van der Waals surface area (Å²) in [6.45, 7) is 0. The second kappa shape index (κ2) is 14.4. The Bertz CT molecular complexity index is 2910. The Hall–Kier alpha value is -7.42. The smallest absolute Gasteiger partial charge is 0.0547 e. The molecule has 0 bridgehead atoms. The number of para-hydroxylation sites is 5. The fraction of sp³-hybridized carbons (Fsp3) is 0. The fourth-order valence-electron chi connectivity index (χ4n) is 8.23. The van der Waals surface area contributed by atoms with E-state index >= 15 is 0 Å². The highest BCUT2D eigenvalue weighted by atomic mass is 15.1. The van der Waals surface area contributed by atoms with Gasteiger partial charge in [-0.3, -0.25) is 0 Å². The van der Waals surface area contributed by atoms with Crippen LogP contribution in [-0.4, -0.2) is 4.57 Å². The zero-order valence-corrected chi connectivity index (χ0v) is 30.8. The SMILES string of the molecule is c1ccc(-c2ccc(-c3ccccc3-n3c4ccccc4c4ccc(-c5ccccc5-c5ccccc5N(c5ccccc5)c5ccccc5)cc43)cc2)cc1. The fourth-order valence-corrected chi connectivity index (χ4v) is 8.23. The molecule has 0 spiro atoms. The molecule has 0 aliphatic rings. The quantitative estimate of drug-likeness (QED) is 0.152. The highest BCUT2D eigenvalue weighted by Crippen LogP contribution is 2.45. The van der Waals surface area contributed by atoms with Crippen molar-refractivity contribution in [2.24, 2.45) is 0 Å². The van der Waals surface area contributed by atoms with E-state index in [2.05, 4.69) is 240 Å². The van der Waals surface area contributed by atoms with Gasteiger partial charge in [0.1, 0.15) is 0 Å². The van der Waals surface area contributed by atoms with Crippen molar-refractivity contribution >= 4 is 38.9 Å². The minimum absolute atomic E-state index is 1.11. The van der Waals surface area contributed by atoms with Crippen molar-refractivity contribution in [3.8, 4) is 50.2 Å². The topological polar surface area (TPSA) is 8.17 Å². The Morgan fingerprint density at radius 1 is 0.286 bits per heavy atom. The molecule has 264 valence electrons. The molecule has 10 aromatic rings. The molecule has 56 heavy (non-hydrogen) atoms. The zero-order valence-electron chi connectivity index (χ0n) is 30.8. The normalized spacial score (nSPS) is 11.2. The van der Waals surface area contributed by atoms with E-state index in [1.807, 2.05) is 0 Å². The molecular formula is C54H38N2. The average Bonchev–Trinajstić information content (AvgIpc) is 3.61. The van der Waals surface area contributed by atoms with Gasteiger partial charge in [-0.05, 0) is 81.9 Å². The predicted octanol–water partition coefficient (Wildman–Crippen LogP) is 14.9. The van der Waals surface area contributed by atoms with Crippen LogP contribution in [0.25, 0.3) is 72.0 Å². The van der Waals surface area contributed by atoms with Gasteiger partial charge in [0, 0.05) is 33.3 Å². The first-order valence-electron chi connectivity index (χ1n) is 19.2. The monoisotopic (exact) mass is 714 g/mol. The van der Waals surface area contributed by atoms with Crippen molar-refractivity contribution in [1.82, 2.24) is 4.57 Å². The maximum Gasteiger partial charge on any atom is 0.0547 e. The molecule has 2 heteroatoms. The van der Waals surface area contributed by atoms with Crippen molar-refractivity contribution in [2.75, 3.05) is 4.90 Å². The van der Waals surface area contributed by atoms with Crippen molar-refractivity contribution in [2.45, 2.75) is 0 Å². The Morgan fingerprint density at radius 3 is 1.48 bits per heavy atom. The number of rotatable bonds is 8. The van der Waals surface area contributed by atoms with Gasteiger partial charge < -0.3 is 9.47 Å². The summed E-state index contributed by atoms with van der Waals surface area (Å²) in [7, 11) is 0. The van der Waals surface area contributed by atoms with Crippen LogP contribution in [0, 0.1) is 0 Å². The summed E-state index contributed by atoms with van der Waals surface area (Å²) in [5.41, 5.74) is 16.4. The molecule has 2 nitrogen and oxygen atoms in total. The number of fused-ring (bicyclic) bond motifs is 3. The molecule has 0 radical (unpaired) electrons. The van der Waals surface area contributed by atoms with E-state index < -0.39 is 0 Å². The first kappa shape index (κ1) is 33.2. The van der Waals surface area contributed by atoms with Crippen LogP contribution in [0.15, 0.2) is 231 Å². The van der Waals surface area contributed by atoms with E-state index in [4.69, 9.17) is 0 Å². The van der Waals surface area contributed by atoms with E-state index in [1.54, 1.807) is 0 Å². The lowest BCUT2D eigenvalue weighted by molar-refractivity contribution is 1.18. The van der Waals surface area contributed by atoms with E-state index in [-0.39, 0.29) is 0 Å². The third kappa shape index (κ3) is 5.95. The van der Waals surface area contributed by atoms with Crippen molar-refractivity contribution in [3.05, 3.63) is 231 Å². The number of hydrogen-bond acceptors (Lipinski definition) is 1.